The first-order valence-corrected chi connectivity index (χ1v) is 13.7. The highest BCUT2D eigenvalue weighted by atomic mass is 35.5. The van der Waals surface area contributed by atoms with Crippen molar-refractivity contribution in [3.05, 3.63) is 111 Å². The Labute approximate surface area is 243 Å². The molecule has 0 atom stereocenters. The minimum Gasteiger partial charge on any atom is -0.493 e. The van der Waals surface area contributed by atoms with Crippen LogP contribution in [0.15, 0.2) is 83.7 Å². The quantitative estimate of drug-likeness (QED) is 0.188. The van der Waals surface area contributed by atoms with Gasteiger partial charge in [-0.1, -0.05) is 54.1 Å². The highest BCUT2D eigenvalue weighted by Crippen LogP contribution is 2.40. The fourth-order valence-electron chi connectivity index (χ4n) is 3.94. The van der Waals surface area contributed by atoms with Crippen molar-refractivity contribution in [1.29, 1.82) is 0 Å². The third-order valence-electron chi connectivity index (χ3n) is 5.98. The summed E-state index contributed by atoms with van der Waals surface area (Å²) >= 11 is 14.1. The number of carbonyl (C=O) groups excluding carboxylic acids is 1. The Morgan fingerprint density at radius 1 is 1.00 bits per heavy atom. The van der Waals surface area contributed by atoms with Crippen LogP contribution in [0.3, 0.4) is 0 Å². The van der Waals surface area contributed by atoms with Gasteiger partial charge in [-0.15, -0.1) is 6.58 Å². The van der Waals surface area contributed by atoms with Gasteiger partial charge >= 0.3 is 0 Å². The second-order valence-corrected chi connectivity index (χ2v) is 10.6. The minimum absolute atomic E-state index is 0.215. The van der Waals surface area contributed by atoms with Gasteiger partial charge in [0.2, 0.25) is 0 Å². The average molecular weight is 580 g/mol. The molecule has 0 bridgehead atoms. The van der Waals surface area contributed by atoms with Crippen molar-refractivity contribution in [1.82, 2.24) is 0 Å². The van der Waals surface area contributed by atoms with E-state index in [1.807, 2.05) is 56.3 Å². The van der Waals surface area contributed by atoms with Crippen LogP contribution in [0.5, 0.6) is 11.5 Å². The third kappa shape index (κ3) is 6.41. The molecule has 0 N–H and O–H groups in total. The Morgan fingerprint density at radius 2 is 1.72 bits per heavy atom. The molecule has 8 heteroatoms. The van der Waals surface area contributed by atoms with Gasteiger partial charge in [0.1, 0.15) is 6.61 Å². The number of halogens is 2. The van der Waals surface area contributed by atoms with E-state index in [9.17, 15) is 4.79 Å². The summed E-state index contributed by atoms with van der Waals surface area (Å²) in [6, 6.07) is 14.9. The second-order valence-electron chi connectivity index (χ2n) is 8.82. The summed E-state index contributed by atoms with van der Waals surface area (Å²) in [6.45, 7) is 11.8. The zero-order valence-electron chi connectivity index (χ0n) is 22.0. The first-order valence-electron chi connectivity index (χ1n) is 12.2. The highest BCUT2D eigenvalue weighted by Gasteiger charge is 2.35. The summed E-state index contributed by atoms with van der Waals surface area (Å²) in [5, 5.41) is 1.66. The van der Waals surface area contributed by atoms with Crippen molar-refractivity contribution >= 4 is 63.5 Å². The van der Waals surface area contributed by atoms with Crippen LogP contribution in [-0.4, -0.2) is 24.8 Å². The van der Waals surface area contributed by atoms with Crippen molar-refractivity contribution in [2.45, 2.75) is 20.3 Å². The molecule has 0 radical (unpaired) electrons. The predicted molar refractivity (Wildman–Crippen MR) is 165 cm³/mol. The molecule has 1 heterocycles. The molecule has 1 aliphatic heterocycles. The monoisotopic (exact) mass is 578 g/mol. The van der Waals surface area contributed by atoms with E-state index in [1.54, 1.807) is 36.3 Å². The van der Waals surface area contributed by atoms with Crippen molar-refractivity contribution in [2.75, 3.05) is 18.6 Å². The molecule has 3 aromatic carbocycles. The van der Waals surface area contributed by atoms with E-state index in [0.29, 0.717) is 56.0 Å². The molecular weight excluding hydrogens is 551 g/mol. The maximum Gasteiger partial charge on any atom is 0.271 e. The molecule has 1 fully saturated rings. The number of rotatable bonds is 9. The molecule has 3 aromatic rings. The lowest BCUT2D eigenvalue weighted by Gasteiger charge is -2.17. The van der Waals surface area contributed by atoms with E-state index >= 15 is 0 Å². The molecule has 0 spiro atoms. The number of amides is 1. The normalized spacial score (nSPS) is 15.2. The van der Waals surface area contributed by atoms with Gasteiger partial charge in [-0.2, -0.15) is 0 Å². The number of anilines is 1. The first kappa shape index (κ1) is 28.6. The minimum atomic E-state index is -0.215. The number of aliphatic imine (C=N–C) groups is 1. The van der Waals surface area contributed by atoms with Crippen LogP contribution in [0, 0.1) is 13.8 Å². The molecule has 0 saturated carbocycles. The molecule has 1 amide bonds. The summed E-state index contributed by atoms with van der Waals surface area (Å²) in [5.74, 6) is 0.969. The summed E-state index contributed by atoms with van der Waals surface area (Å²) in [5.41, 5.74) is 4.81. The van der Waals surface area contributed by atoms with Gasteiger partial charge in [0, 0.05) is 15.6 Å². The number of hydrogen-bond acceptors (Lipinski definition) is 5. The standard InChI is InChI=1S/C31H28Cl2N2O3S/c1-6-8-22-14-21(15-27(37-5)29(22)38-13-7-2)16-28-30(36)35(24-12-10-20(4)26(33)18-24)31(39-28)34-23-11-9-19(3)25(32)17-23/h6-7,9-12,14-18H,1-2,8,13H2,3-5H3/b28-16+,34-31?. The number of ether oxygens (including phenoxy) is 2. The third-order valence-corrected chi connectivity index (χ3v) is 7.76. The summed E-state index contributed by atoms with van der Waals surface area (Å²) in [4.78, 5) is 20.7. The lowest BCUT2D eigenvalue weighted by Crippen LogP contribution is -2.28. The molecule has 4 rings (SSSR count). The topological polar surface area (TPSA) is 51.1 Å². The highest BCUT2D eigenvalue weighted by molar-refractivity contribution is 8.19. The molecule has 1 saturated heterocycles. The van der Waals surface area contributed by atoms with Crippen molar-refractivity contribution in [3.63, 3.8) is 0 Å². The maximum atomic E-state index is 13.8. The van der Waals surface area contributed by atoms with Crippen molar-refractivity contribution in [3.8, 4) is 11.5 Å². The van der Waals surface area contributed by atoms with Gasteiger partial charge in [0.25, 0.3) is 5.91 Å². The van der Waals surface area contributed by atoms with Gasteiger partial charge in [0.15, 0.2) is 16.7 Å². The Kier molecular flexibility index (Phi) is 9.23. The summed E-state index contributed by atoms with van der Waals surface area (Å²) in [7, 11) is 1.58. The number of methoxy groups -OCH3 is 1. The van der Waals surface area contributed by atoms with Crippen LogP contribution < -0.4 is 14.4 Å². The van der Waals surface area contributed by atoms with Crippen LogP contribution >= 0.6 is 35.0 Å². The first-order chi connectivity index (χ1) is 18.7. The van der Waals surface area contributed by atoms with E-state index < -0.39 is 0 Å². The molecule has 39 heavy (non-hydrogen) atoms. The lowest BCUT2D eigenvalue weighted by molar-refractivity contribution is -0.113. The Morgan fingerprint density at radius 3 is 2.36 bits per heavy atom. The molecule has 5 nitrogen and oxygen atoms in total. The zero-order chi connectivity index (χ0) is 28.1. The maximum absolute atomic E-state index is 13.8. The Balaban J connectivity index is 1.81. The Bertz CT molecular complexity index is 1510. The van der Waals surface area contributed by atoms with Gasteiger partial charge in [-0.25, -0.2) is 4.99 Å². The van der Waals surface area contributed by atoms with Crippen LogP contribution in [0.4, 0.5) is 11.4 Å². The smallest absolute Gasteiger partial charge is 0.271 e. The van der Waals surface area contributed by atoms with Crippen molar-refractivity contribution in [2.24, 2.45) is 4.99 Å². The van der Waals surface area contributed by atoms with Crippen LogP contribution in [0.25, 0.3) is 6.08 Å². The van der Waals surface area contributed by atoms with Gasteiger partial charge in [-0.3, -0.25) is 9.69 Å². The number of thioether (sulfide) groups is 1. The van der Waals surface area contributed by atoms with Gasteiger partial charge in [-0.05, 0) is 91.2 Å². The molecule has 200 valence electrons. The van der Waals surface area contributed by atoms with Crippen LogP contribution in [-0.2, 0) is 11.2 Å². The second kappa shape index (κ2) is 12.6. The molecular formula is C31H28Cl2N2O3S. The zero-order valence-corrected chi connectivity index (χ0v) is 24.3. The van der Waals surface area contributed by atoms with Gasteiger partial charge < -0.3 is 9.47 Å². The van der Waals surface area contributed by atoms with E-state index in [2.05, 4.69) is 13.2 Å². The van der Waals surface area contributed by atoms with Crippen LogP contribution in [0.1, 0.15) is 22.3 Å². The number of nitrogens with zero attached hydrogens (tertiary/aromatic N) is 2. The largest absolute Gasteiger partial charge is 0.493 e. The van der Waals surface area contributed by atoms with E-state index in [4.69, 9.17) is 37.7 Å². The van der Waals surface area contributed by atoms with Gasteiger partial charge in [0.05, 0.1) is 23.4 Å². The molecule has 0 unspecified atom stereocenters. The Hall–Kier alpha value is -3.45. The average Bonchev–Trinajstić information content (AvgIpc) is 3.21. The molecule has 1 aliphatic rings. The number of benzene rings is 3. The molecule has 0 aromatic heterocycles. The van der Waals surface area contributed by atoms with Crippen LogP contribution in [0.2, 0.25) is 10.0 Å². The van der Waals surface area contributed by atoms with E-state index in [1.165, 1.54) is 11.8 Å². The van der Waals surface area contributed by atoms with E-state index in [0.717, 1.165) is 22.3 Å². The fourth-order valence-corrected chi connectivity index (χ4v) is 5.29. The summed E-state index contributed by atoms with van der Waals surface area (Å²) in [6.07, 6.45) is 5.86. The summed E-state index contributed by atoms with van der Waals surface area (Å²) < 4.78 is 11.5. The molecule has 0 aliphatic carbocycles. The number of amidine groups is 1. The van der Waals surface area contributed by atoms with E-state index in [-0.39, 0.29) is 5.91 Å². The lowest BCUT2D eigenvalue weighted by atomic mass is 10.0. The fraction of sp³-hybridized carbons (Fsp3) is 0.161. The number of aryl methyl sites for hydroxylation is 2. The number of carbonyl (C=O) groups is 1. The number of allylic oxidation sites excluding steroid dienone is 1. The predicted octanol–water partition coefficient (Wildman–Crippen LogP) is 8.72. The number of hydrogen-bond donors (Lipinski definition) is 0. The SMILES string of the molecule is C=CCOc1c(CC=C)cc(/C=C2/SC(=Nc3ccc(C)c(Cl)c3)N(c3ccc(C)c(Cl)c3)C2=O)cc1OC. The van der Waals surface area contributed by atoms with Crippen molar-refractivity contribution < 1.29 is 14.3 Å².